The number of amides is 11. The normalized spacial score (nSPS) is 11.0. The number of imidazole rings is 2. The largest absolute Gasteiger partial charge is 0.356 e. The van der Waals surface area contributed by atoms with E-state index in [1.54, 1.807) is 91.9 Å². The van der Waals surface area contributed by atoms with E-state index in [-0.39, 0.29) is 107 Å². The first-order valence-corrected chi connectivity index (χ1v) is 29.1. The predicted molar refractivity (Wildman–Crippen MR) is 344 cm³/mol. The molecule has 8 aromatic heterocycles. The molecule has 0 aliphatic rings. The molecule has 0 aromatic carbocycles. The van der Waals surface area contributed by atoms with Crippen molar-refractivity contribution in [2.24, 2.45) is 56.4 Å². The molecule has 0 aliphatic carbocycles. The molecule has 11 amide bonds. The van der Waals surface area contributed by atoms with Crippen molar-refractivity contribution in [1.29, 1.82) is 0 Å². The molecule has 8 heterocycles. The SMILES string of the molecule is CC(=O)Nc1cn(C)c(C(=O)Nc2cc(C(=O)Nc3cc(C(=O)Nc4cc(C(=O)NCCCC(=O)Nc5cn(C)c(C(=O)Nc6cc(C(=O)Nc7cc(C(=O)Nc8cc(C(=O)NCCC(=O)NCCCN(C)C)n(C)c8)n(C)c7)n(C)c6)n5)n(C)c4)n(C)c3)n(C)c2)n1. The molecular formula is C60H74N22O11. The van der Waals surface area contributed by atoms with Gasteiger partial charge in [0.15, 0.2) is 11.6 Å². The van der Waals surface area contributed by atoms with Crippen molar-refractivity contribution < 1.29 is 52.7 Å². The van der Waals surface area contributed by atoms with Gasteiger partial charge in [0.25, 0.3) is 47.3 Å². The molecule has 0 aliphatic heterocycles. The maximum Gasteiger partial charge on any atom is 0.291 e. The Hall–Kier alpha value is -11.8. The van der Waals surface area contributed by atoms with Gasteiger partial charge in [-0.25, -0.2) is 9.97 Å². The van der Waals surface area contributed by atoms with Crippen molar-refractivity contribution in [2.75, 3.05) is 82.8 Å². The molecular weight excluding hydrogens is 1200 g/mol. The highest BCUT2D eigenvalue weighted by molar-refractivity contribution is 6.10. The lowest BCUT2D eigenvalue weighted by Gasteiger charge is -2.10. The van der Waals surface area contributed by atoms with Crippen LogP contribution >= 0.6 is 0 Å². The highest BCUT2D eigenvalue weighted by atomic mass is 16.2. The second kappa shape index (κ2) is 29.2. The summed E-state index contributed by atoms with van der Waals surface area (Å²) < 4.78 is 12.0. The molecule has 11 N–H and O–H groups in total. The summed E-state index contributed by atoms with van der Waals surface area (Å²) in [5.74, 6) is -4.88. The molecule has 0 saturated carbocycles. The van der Waals surface area contributed by atoms with E-state index in [0.29, 0.717) is 35.0 Å². The lowest BCUT2D eigenvalue weighted by molar-refractivity contribution is -0.121. The lowest BCUT2D eigenvalue weighted by atomic mass is 10.3. The smallest absolute Gasteiger partial charge is 0.291 e. The molecule has 490 valence electrons. The Bertz CT molecular complexity index is 4210. The number of nitrogens with zero attached hydrogens (tertiary/aromatic N) is 11. The van der Waals surface area contributed by atoms with Gasteiger partial charge in [0.1, 0.15) is 34.2 Å². The van der Waals surface area contributed by atoms with Crippen molar-refractivity contribution in [3.63, 3.8) is 0 Å². The number of rotatable bonds is 27. The molecule has 33 heteroatoms. The van der Waals surface area contributed by atoms with Gasteiger partial charge >= 0.3 is 0 Å². The number of carbonyl (C=O) groups excluding carboxylic acids is 11. The fourth-order valence-corrected chi connectivity index (χ4v) is 9.80. The predicted octanol–water partition coefficient (Wildman–Crippen LogP) is 2.99. The second-order valence-corrected chi connectivity index (χ2v) is 22.3. The van der Waals surface area contributed by atoms with Crippen LogP contribution in [0, 0.1) is 0 Å². The minimum Gasteiger partial charge on any atom is -0.356 e. The monoisotopic (exact) mass is 1280 g/mol. The maximum atomic E-state index is 13.5. The second-order valence-electron chi connectivity index (χ2n) is 22.3. The molecule has 0 radical (unpaired) electrons. The van der Waals surface area contributed by atoms with Crippen LogP contribution in [0.4, 0.5) is 45.8 Å². The van der Waals surface area contributed by atoms with Crippen molar-refractivity contribution in [2.45, 2.75) is 32.6 Å². The third-order valence-corrected chi connectivity index (χ3v) is 14.3. The standard InChI is InChI=1S/C60H74N22O11/c1-34(83)64-47-32-81(10)51(72-47)59(92)69-39-24-45(79(8)30-39)57(90)67-37-22-43(77(6)28-37)55(88)65-35-20-41(75(4)26-35)53(86)62-16-12-14-50(85)71-48-33-82(11)52(73-48)60(93)70-40-25-46(80(9)31-40)58(91)68-38-23-44(78(7)29-38)56(89)66-36-21-42(76(5)27-36)54(87)63-18-15-49(84)61-17-13-19-74(2)3/h20-33H,12-19H2,1-11H3,(H,61,84)(H,62,86)(H,63,87)(H,64,83)(H,65,88)(H,66,89)(H,67,90)(H,68,91)(H,69,92)(H,70,93)(H,71,85). The first-order chi connectivity index (χ1) is 44.1. The van der Waals surface area contributed by atoms with Gasteiger partial charge in [-0.15, -0.1) is 0 Å². The summed E-state index contributed by atoms with van der Waals surface area (Å²) in [5.41, 5.74) is 3.07. The van der Waals surface area contributed by atoms with E-state index in [0.717, 1.165) is 13.0 Å². The number of aryl methyl sites for hydroxylation is 8. The van der Waals surface area contributed by atoms with Gasteiger partial charge in [0.05, 0.1) is 34.1 Å². The molecule has 0 spiro atoms. The van der Waals surface area contributed by atoms with Gasteiger partial charge < -0.3 is 99.9 Å². The third-order valence-electron chi connectivity index (χ3n) is 14.3. The van der Waals surface area contributed by atoms with E-state index < -0.39 is 53.2 Å². The van der Waals surface area contributed by atoms with Crippen LogP contribution in [0.2, 0.25) is 0 Å². The van der Waals surface area contributed by atoms with E-state index in [2.05, 4.69) is 68.5 Å². The zero-order valence-corrected chi connectivity index (χ0v) is 53.1. The quantitative estimate of drug-likeness (QED) is 0.0330. The average molecular weight is 1280 g/mol. The number of anilines is 8. The van der Waals surface area contributed by atoms with Crippen LogP contribution in [-0.2, 0) is 70.8 Å². The van der Waals surface area contributed by atoms with Gasteiger partial charge in [0.2, 0.25) is 29.4 Å². The Morgan fingerprint density at radius 2 is 0.656 bits per heavy atom. The van der Waals surface area contributed by atoms with Gasteiger partial charge in [-0.05, 0) is 69.9 Å². The number of hydrogen-bond donors (Lipinski definition) is 11. The Labute approximate surface area is 532 Å². The van der Waals surface area contributed by atoms with Gasteiger partial charge in [0, 0.05) is 145 Å². The Balaban J connectivity index is 0.747. The molecule has 8 rings (SSSR count). The number of hydrogen-bond acceptors (Lipinski definition) is 14. The summed E-state index contributed by atoms with van der Waals surface area (Å²) in [4.78, 5) is 153. The zero-order valence-electron chi connectivity index (χ0n) is 53.1. The first-order valence-electron chi connectivity index (χ1n) is 29.1. The Morgan fingerprint density at radius 3 is 1.00 bits per heavy atom. The third kappa shape index (κ3) is 17.3. The topological polar surface area (TPSA) is 389 Å². The summed E-state index contributed by atoms with van der Waals surface area (Å²) in [6.07, 6.45) is 13.4. The Kier molecular flexibility index (Phi) is 21.1. The highest BCUT2D eigenvalue weighted by Crippen LogP contribution is 2.23. The van der Waals surface area contributed by atoms with Crippen molar-refractivity contribution >= 4 is 111 Å². The van der Waals surface area contributed by atoms with E-state index in [1.807, 2.05) is 19.0 Å². The van der Waals surface area contributed by atoms with Gasteiger partial charge in [-0.3, -0.25) is 52.7 Å². The van der Waals surface area contributed by atoms with Crippen LogP contribution in [0.1, 0.15) is 117 Å². The molecule has 93 heavy (non-hydrogen) atoms. The molecule has 0 atom stereocenters. The Morgan fingerprint density at radius 1 is 0.344 bits per heavy atom. The van der Waals surface area contributed by atoms with E-state index >= 15 is 0 Å². The zero-order chi connectivity index (χ0) is 67.5. The van der Waals surface area contributed by atoms with E-state index in [9.17, 15) is 52.7 Å². The average Bonchev–Trinajstić information content (AvgIpc) is 1.75. The van der Waals surface area contributed by atoms with Crippen LogP contribution < -0.4 is 58.5 Å². The summed E-state index contributed by atoms with van der Waals surface area (Å²) in [5, 5.41) is 30.0. The minimum atomic E-state index is -0.637. The lowest BCUT2D eigenvalue weighted by Crippen LogP contribution is -2.32. The highest BCUT2D eigenvalue weighted by Gasteiger charge is 2.24. The van der Waals surface area contributed by atoms with Gasteiger partial charge in [-0.1, -0.05) is 0 Å². The molecule has 0 bridgehead atoms. The fourth-order valence-electron chi connectivity index (χ4n) is 9.80. The first kappa shape index (κ1) is 67.2. The number of carbonyl (C=O) groups is 11. The molecule has 0 fully saturated rings. The van der Waals surface area contributed by atoms with Crippen molar-refractivity contribution in [1.82, 2.24) is 67.4 Å². The van der Waals surface area contributed by atoms with Crippen molar-refractivity contribution in [3.8, 4) is 0 Å². The van der Waals surface area contributed by atoms with Crippen LogP contribution in [-0.4, -0.2) is 157 Å². The summed E-state index contributed by atoms with van der Waals surface area (Å²) in [7, 11) is 16.8. The molecule has 33 nitrogen and oxygen atoms in total. The van der Waals surface area contributed by atoms with E-state index in [4.69, 9.17) is 0 Å². The maximum absolute atomic E-state index is 13.5. The molecule has 8 aromatic rings. The molecule has 0 unspecified atom stereocenters. The minimum absolute atomic E-state index is 0.0159. The van der Waals surface area contributed by atoms with Crippen LogP contribution in [0.15, 0.2) is 86.0 Å². The van der Waals surface area contributed by atoms with Crippen LogP contribution in [0.25, 0.3) is 0 Å². The number of aromatic nitrogens is 10. The molecule has 0 saturated heterocycles. The van der Waals surface area contributed by atoms with Gasteiger partial charge in [-0.2, -0.15) is 0 Å². The summed E-state index contributed by atoms with van der Waals surface area (Å²) in [6.45, 7) is 2.94. The number of nitrogens with one attached hydrogen (secondary N) is 11. The van der Waals surface area contributed by atoms with Crippen molar-refractivity contribution in [3.05, 3.63) is 132 Å². The summed E-state index contributed by atoms with van der Waals surface area (Å²) in [6, 6.07) is 8.88. The fraction of sp³-hybridized carbons (Fsp3) is 0.317. The van der Waals surface area contributed by atoms with Crippen LogP contribution in [0.3, 0.4) is 0 Å². The van der Waals surface area contributed by atoms with Crippen LogP contribution in [0.5, 0.6) is 0 Å². The van der Waals surface area contributed by atoms with E-state index in [1.165, 1.54) is 93.9 Å². The summed E-state index contributed by atoms with van der Waals surface area (Å²) >= 11 is 0.